The van der Waals surface area contributed by atoms with E-state index in [9.17, 15) is 9.18 Å². The number of halogens is 1. The van der Waals surface area contributed by atoms with Gasteiger partial charge in [0.25, 0.3) is 0 Å². The van der Waals surface area contributed by atoms with Gasteiger partial charge in [0.2, 0.25) is 0 Å². The molecule has 0 saturated carbocycles. The number of nitrogens with zero attached hydrogens (tertiary/aromatic N) is 4. The lowest BCUT2D eigenvalue weighted by Crippen LogP contribution is -2.59. The van der Waals surface area contributed by atoms with Crippen LogP contribution in [0.3, 0.4) is 0 Å². The van der Waals surface area contributed by atoms with Crippen LogP contribution < -0.4 is 4.90 Å². The van der Waals surface area contributed by atoms with Crippen LogP contribution >= 0.6 is 0 Å². The summed E-state index contributed by atoms with van der Waals surface area (Å²) >= 11 is 0. The molecular weight excluding hydrogens is 259 g/mol. The Morgan fingerprint density at radius 2 is 2.05 bits per heavy atom. The Morgan fingerprint density at radius 3 is 2.65 bits per heavy atom. The SMILES string of the molecule is CN(C)CCN(C)C1CN(c2ccc(F)c(C=O)n2)C1. The Bertz CT molecular complexity index is 474. The summed E-state index contributed by atoms with van der Waals surface area (Å²) < 4.78 is 13.2. The van der Waals surface area contributed by atoms with Gasteiger partial charge in [0.1, 0.15) is 11.5 Å². The zero-order chi connectivity index (χ0) is 14.7. The average Bonchev–Trinajstić information content (AvgIpc) is 2.36. The van der Waals surface area contributed by atoms with Gasteiger partial charge >= 0.3 is 0 Å². The summed E-state index contributed by atoms with van der Waals surface area (Å²) in [5.41, 5.74) is -0.119. The van der Waals surface area contributed by atoms with E-state index in [1.54, 1.807) is 6.07 Å². The van der Waals surface area contributed by atoms with Crippen molar-refractivity contribution < 1.29 is 9.18 Å². The summed E-state index contributed by atoms with van der Waals surface area (Å²) in [6.45, 7) is 3.76. The van der Waals surface area contributed by atoms with Gasteiger partial charge in [-0.2, -0.15) is 0 Å². The molecule has 0 N–H and O–H groups in total. The first-order valence-electron chi connectivity index (χ1n) is 6.73. The first kappa shape index (κ1) is 14.9. The highest BCUT2D eigenvalue weighted by molar-refractivity contribution is 5.73. The predicted molar refractivity (Wildman–Crippen MR) is 76.8 cm³/mol. The van der Waals surface area contributed by atoms with Gasteiger partial charge in [-0.05, 0) is 33.3 Å². The summed E-state index contributed by atoms with van der Waals surface area (Å²) in [6.07, 6.45) is 0.458. The van der Waals surface area contributed by atoms with Crippen molar-refractivity contribution in [2.45, 2.75) is 6.04 Å². The number of anilines is 1. The second-order valence-corrected chi connectivity index (χ2v) is 5.50. The number of aldehydes is 1. The van der Waals surface area contributed by atoms with Crippen LogP contribution in [-0.4, -0.2) is 74.4 Å². The number of hydrogen-bond donors (Lipinski definition) is 0. The highest BCUT2D eigenvalue weighted by atomic mass is 19.1. The van der Waals surface area contributed by atoms with E-state index in [1.807, 2.05) is 0 Å². The highest BCUT2D eigenvalue weighted by Crippen LogP contribution is 2.22. The molecule has 1 aliphatic heterocycles. The lowest BCUT2D eigenvalue weighted by Gasteiger charge is -2.45. The van der Waals surface area contributed by atoms with Crippen LogP contribution in [0.4, 0.5) is 10.2 Å². The molecule has 1 aromatic rings. The maximum Gasteiger partial charge on any atom is 0.171 e. The quantitative estimate of drug-likeness (QED) is 0.718. The van der Waals surface area contributed by atoms with E-state index in [4.69, 9.17) is 0 Å². The first-order chi connectivity index (χ1) is 9.51. The third-order valence-electron chi connectivity index (χ3n) is 3.68. The second kappa shape index (κ2) is 6.28. The molecule has 0 radical (unpaired) electrons. The summed E-state index contributed by atoms with van der Waals surface area (Å²) in [5.74, 6) is 0.106. The number of carbonyl (C=O) groups excluding carboxylic acids is 1. The smallest absolute Gasteiger partial charge is 0.171 e. The number of hydrogen-bond acceptors (Lipinski definition) is 5. The van der Waals surface area contributed by atoms with Crippen molar-refractivity contribution >= 4 is 12.1 Å². The van der Waals surface area contributed by atoms with Gasteiger partial charge in [0, 0.05) is 32.2 Å². The molecule has 2 heterocycles. The fourth-order valence-corrected chi connectivity index (χ4v) is 2.17. The molecule has 6 heteroatoms. The zero-order valence-electron chi connectivity index (χ0n) is 12.2. The molecule has 0 unspecified atom stereocenters. The molecule has 0 aromatic carbocycles. The number of pyridine rings is 1. The van der Waals surface area contributed by atoms with Gasteiger partial charge in [0.05, 0.1) is 0 Å². The number of carbonyl (C=O) groups is 1. The van der Waals surface area contributed by atoms with Crippen molar-refractivity contribution in [3.8, 4) is 0 Å². The lowest BCUT2D eigenvalue weighted by molar-refractivity contribution is 0.111. The molecule has 110 valence electrons. The van der Waals surface area contributed by atoms with Gasteiger partial charge in [-0.1, -0.05) is 0 Å². The third kappa shape index (κ3) is 3.32. The maximum absolute atomic E-state index is 13.2. The van der Waals surface area contributed by atoms with Crippen LogP contribution in [0.1, 0.15) is 10.5 Å². The van der Waals surface area contributed by atoms with E-state index >= 15 is 0 Å². The van der Waals surface area contributed by atoms with Crippen molar-refractivity contribution in [2.75, 3.05) is 52.2 Å². The first-order valence-corrected chi connectivity index (χ1v) is 6.73. The van der Waals surface area contributed by atoms with Crippen LogP contribution in [0.5, 0.6) is 0 Å². The summed E-state index contributed by atoms with van der Waals surface area (Å²) in [4.78, 5) is 21.3. The fourth-order valence-electron chi connectivity index (χ4n) is 2.17. The maximum atomic E-state index is 13.2. The largest absolute Gasteiger partial charge is 0.353 e. The van der Waals surface area contributed by atoms with Crippen molar-refractivity contribution in [3.63, 3.8) is 0 Å². The predicted octanol–water partition coefficient (Wildman–Crippen LogP) is 0.715. The zero-order valence-corrected chi connectivity index (χ0v) is 12.2. The molecular formula is C14H21FN4O. The van der Waals surface area contributed by atoms with Crippen LogP contribution in [0.15, 0.2) is 12.1 Å². The monoisotopic (exact) mass is 280 g/mol. The molecule has 5 nitrogen and oxygen atoms in total. The minimum atomic E-state index is -0.566. The van der Waals surface area contributed by atoms with Crippen LogP contribution in [0.25, 0.3) is 0 Å². The van der Waals surface area contributed by atoms with Gasteiger partial charge in [0.15, 0.2) is 12.1 Å². The third-order valence-corrected chi connectivity index (χ3v) is 3.68. The standard InChI is InChI=1S/C14H21FN4O/c1-17(2)6-7-18(3)11-8-19(9-11)14-5-4-12(15)13(10-20)16-14/h4-5,10-11H,6-9H2,1-3H3. The van der Waals surface area contributed by atoms with Crippen LogP contribution in [0.2, 0.25) is 0 Å². The van der Waals surface area contributed by atoms with E-state index in [0.29, 0.717) is 18.1 Å². The molecule has 1 aliphatic rings. The molecule has 0 spiro atoms. The number of aromatic nitrogens is 1. The Labute approximate surface area is 119 Å². The van der Waals surface area contributed by atoms with E-state index < -0.39 is 5.82 Å². The minimum Gasteiger partial charge on any atom is -0.353 e. The van der Waals surface area contributed by atoms with E-state index in [-0.39, 0.29) is 5.69 Å². The van der Waals surface area contributed by atoms with Gasteiger partial charge in [-0.3, -0.25) is 9.69 Å². The van der Waals surface area contributed by atoms with Crippen molar-refractivity contribution in [1.29, 1.82) is 0 Å². The molecule has 20 heavy (non-hydrogen) atoms. The van der Waals surface area contributed by atoms with E-state index in [1.165, 1.54) is 6.07 Å². The van der Waals surface area contributed by atoms with E-state index in [2.05, 4.69) is 40.8 Å². The van der Waals surface area contributed by atoms with E-state index in [0.717, 1.165) is 26.2 Å². The van der Waals surface area contributed by atoms with Crippen molar-refractivity contribution in [1.82, 2.24) is 14.8 Å². The van der Waals surface area contributed by atoms with Gasteiger partial charge in [-0.15, -0.1) is 0 Å². The fraction of sp³-hybridized carbons (Fsp3) is 0.571. The molecule has 1 aromatic heterocycles. The molecule has 0 amide bonds. The second-order valence-electron chi connectivity index (χ2n) is 5.50. The lowest BCUT2D eigenvalue weighted by atomic mass is 10.1. The van der Waals surface area contributed by atoms with Gasteiger partial charge in [-0.25, -0.2) is 9.37 Å². The molecule has 0 bridgehead atoms. The Morgan fingerprint density at radius 1 is 1.35 bits per heavy atom. The topological polar surface area (TPSA) is 39.7 Å². The summed E-state index contributed by atoms with van der Waals surface area (Å²) in [6, 6.07) is 3.41. The van der Waals surface area contributed by atoms with Gasteiger partial charge < -0.3 is 9.80 Å². The molecule has 1 saturated heterocycles. The van der Waals surface area contributed by atoms with Crippen molar-refractivity contribution in [3.05, 3.63) is 23.6 Å². The average molecular weight is 280 g/mol. The van der Waals surface area contributed by atoms with Crippen LogP contribution in [-0.2, 0) is 0 Å². The minimum absolute atomic E-state index is 0.119. The molecule has 2 rings (SSSR count). The summed E-state index contributed by atoms with van der Waals surface area (Å²) in [5, 5.41) is 0. The molecule has 1 fully saturated rings. The van der Waals surface area contributed by atoms with Crippen LogP contribution in [0, 0.1) is 5.82 Å². The Kier molecular flexibility index (Phi) is 4.67. The Balaban J connectivity index is 1.88. The Hall–Kier alpha value is -1.53. The summed E-state index contributed by atoms with van der Waals surface area (Å²) in [7, 11) is 6.23. The normalized spacial score (nSPS) is 15.8. The van der Waals surface area contributed by atoms with Crippen molar-refractivity contribution in [2.24, 2.45) is 0 Å². The number of rotatable bonds is 6. The number of likely N-dealkylation sites (N-methyl/N-ethyl adjacent to an activating group) is 2. The highest BCUT2D eigenvalue weighted by Gasteiger charge is 2.30. The molecule has 0 aliphatic carbocycles. The molecule has 0 atom stereocenters.